The quantitative estimate of drug-likeness (QED) is 0.536. The number of carbonyl (C=O) groups excluding carboxylic acids is 5. The monoisotopic (exact) mass is 484 g/mol. The summed E-state index contributed by atoms with van der Waals surface area (Å²) in [7, 11) is 3.66. The molecule has 0 heterocycles. The highest BCUT2D eigenvalue weighted by Gasteiger charge is 2.66. The molecule has 0 aliphatic heterocycles. The minimum atomic E-state index is -2.63. The molecule has 0 bridgehead atoms. The Balaban J connectivity index is 1.85. The van der Waals surface area contributed by atoms with Gasteiger partial charge in [-0.25, -0.2) is 0 Å². The number of rotatable bonds is 3. The van der Waals surface area contributed by atoms with Gasteiger partial charge in [-0.1, -0.05) is 20.8 Å². The number of hydrogen-bond donors (Lipinski definition) is 3. The number of benzene rings is 1. The molecular formula is C26H32N2O7. The third kappa shape index (κ3) is 3.67. The number of ketones is 4. The molecule has 3 aliphatic rings. The van der Waals surface area contributed by atoms with Gasteiger partial charge in [-0.05, 0) is 47.8 Å². The van der Waals surface area contributed by atoms with Crippen molar-refractivity contribution in [3.05, 3.63) is 22.8 Å². The van der Waals surface area contributed by atoms with Crippen LogP contribution in [0.5, 0.6) is 5.75 Å². The lowest BCUT2D eigenvalue weighted by Gasteiger charge is -2.48. The smallest absolute Gasteiger partial charge is 0.235 e. The van der Waals surface area contributed by atoms with E-state index in [4.69, 9.17) is 5.73 Å². The van der Waals surface area contributed by atoms with Crippen LogP contribution in [0.1, 0.15) is 55.1 Å². The predicted molar refractivity (Wildman–Crippen MR) is 126 cm³/mol. The van der Waals surface area contributed by atoms with E-state index in [9.17, 15) is 34.2 Å². The number of primary amides is 1. The van der Waals surface area contributed by atoms with Crippen LogP contribution in [0.3, 0.4) is 0 Å². The summed E-state index contributed by atoms with van der Waals surface area (Å²) < 4.78 is 0. The molecule has 0 saturated heterocycles. The van der Waals surface area contributed by atoms with Gasteiger partial charge in [0.1, 0.15) is 5.75 Å². The lowest BCUT2D eigenvalue weighted by atomic mass is 9.53. The summed E-state index contributed by atoms with van der Waals surface area (Å²) in [5.74, 6) is -9.88. The van der Waals surface area contributed by atoms with Crippen LogP contribution in [-0.2, 0) is 32.0 Å². The molecule has 188 valence electrons. The Morgan fingerprint density at radius 1 is 1.14 bits per heavy atom. The number of aliphatic hydroxyl groups is 1. The van der Waals surface area contributed by atoms with E-state index in [2.05, 4.69) is 0 Å². The summed E-state index contributed by atoms with van der Waals surface area (Å²) in [4.78, 5) is 66.5. The van der Waals surface area contributed by atoms with Gasteiger partial charge in [-0.15, -0.1) is 0 Å². The Hall–Kier alpha value is -3.07. The van der Waals surface area contributed by atoms with Gasteiger partial charge < -0.3 is 20.8 Å². The molecule has 0 spiro atoms. The number of carbonyl (C=O) groups is 5. The number of phenolic OH excluding ortho intramolecular Hbond substituents is 1. The van der Waals surface area contributed by atoms with Gasteiger partial charge in [0.15, 0.2) is 34.7 Å². The van der Waals surface area contributed by atoms with Gasteiger partial charge in [-0.3, -0.25) is 24.0 Å². The lowest BCUT2D eigenvalue weighted by molar-refractivity contribution is -0.175. The van der Waals surface area contributed by atoms with Crippen LogP contribution in [0, 0.1) is 29.1 Å². The van der Waals surface area contributed by atoms with E-state index in [1.54, 1.807) is 0 Å². The largest absolute Gasteiger partial charge is 0.507 e. The number of Topliss-reactive ketones (excluding diaryl/α,β-unsaturated/α-hetero) is 4. The second-order valence-corrected chi connectivity index (χ2v) is 11.6. The van der Waals surface area contributed by atoms with Crippen molar-refractivity contribution in [2.75, 3.05) is 19.0 Å². The van der Waals surface area contributed by atoms with Crippen LogP contribution in [-0.4, -0.2) is 58.9 Å². The first-order valence-corrected chi connectivity index (χ1v) is 11.8. The Labute approximate surface area is 203 Å². The van der Waals surface area contributed by atoms with Gasteiger partial charge in [0.2, 0.25) is 5.91 Å². The zero-order valence-corrected chi connectivity index (χ0v) is 20.7. The number of amides is 1. The molecular weight excluding hydrogens is 452 g/mol. The van der Waals surface area contributed by atoms with E-state index >= 15 is 0 Å². The van der Waals surface area contributed by atoms with Crippen LogP contribution in [0.4, 0.5) is 5.69 Å². The van der Waals surface area contributed by atoms with Crippen molar-refractivity contribution in [2.24, 2.45) is 34.8 Å². The molecule has 2 fully saturated rings. The third-order valence-corrected chi connectivity index (χ3v) is 7.66. The van der Waals surface area contributed by atoms with Gasteiger partial charge in [-0.2, -0.15) is 0 Å². The van der Waals surface area contributed by atoms with Crippen LogP contribution in [0.2, 0.25) is 0 Å². The second kappa shape index (κ2) is 7.98. The molecule has 1 aromatic rings. The molecule has 3 aliphatic carbocycles. The van der Waals surface area contributed by atoms with Crippen molar-refractivity contribution < 1.29 is 34.2 Å². The Morgan fingerprint density at radius 3 is 2.31 bits per heavy atom. The van der Waals surface area contributed by atoms with Crippen molar-refractivity contribution in [1.82, 2.24) is 0 Å². The molecule has 0 aromatic heterocycles. The van der Waals surface area contributed by atoms with Crippen LogP contribution >= 0.6 is 0 Å². The standard InChI is InChI=1S/C26H32N2O7/c1-25(2,3)10-12-8-15(28(4)5)14-7-11-6-13-9-16(29)19(24(27)34)23(33)26(13,35)22(32)17(11)21(31)18(14)20(12)30/h8,11,13,17,19,30,35H,6-7,9-10H2,1-5H3,(H2,27,34)/t11-,13+,17?,19?,26+/m1/s1. The highest BCUT2D eigenvalue weighted by atomic mass is 16.3. The third-order valence-electron chi connectivity index (χ3n) is 7.66. The number of nitrogens with zero attached hydrogens (tertiary/aromatic N) is 1. The average Bonchev–Trinajstić information content (AvgIpc) is 2.71. The Bertz CT molecular complexity index is 1180. The highest BCUT2D eigenvalue weighted by molar-refractivity contribution is 6.31. The molecule has 9 nitrogen and oxygen atoms in total. The SMILES string of the molecule is CN(C)c1cc(CC(C)(C)C)c(O)c2c1C[C@H]1C[C@H]3CC(=O)C(C(N)=O)C(=O)[C@@]3(O)C(=O)C1C2=O. The fourth-order valence-electron chi connectivity index (χ4n) is 6.17. The minimum Gasteiger partial charge on any atom is -0.507 e. The zero-order chi connectivity index (χ0) is 26.2. The first kappa shape index (κ1) is 25.0. The summed E-state index contributed by atoms with van der Waals surface area (Å²) in [6.07, 6.45) is 0.484. The molecule has 2 unspecified atom stereocenters. The number of anilines is 1. The number of nitrogens with two attached hydrogens (primary N) is 1. The number of fused-ring (bicyclic) bond motifs is 3. The van der Waals surface area contributed by atoms with E-state index in [0.29, 0.717) is 17.5 Å². The average molecular weight is 485 g/mol. The summed E-state index contributed by atoms with van der Waals surface area (Å²) in [5, 5.41) is 22.5. The normalized spacial score (nSPS) is 30.5. The van der Waals surface area contributed by atoms with E-state index in [0.717, 1.165) is 5.69 Å². The van der Waals surface area contributed by atoms with Crippen molar-refractivity contribution in [1.29, 1.82) is 0 Å². The first-order valence-electron chi connectivity index (χ1n) is 11.8. The molecule has 2 saturated carbocycles. The summed E-state index contributed by atoms with van der Waals surface area (Å²) in [6.45, 7) is 6.01. The molecule has 4 rings (SSSR count). The minimum absolute atomic E-state index is 0.0397. The van der Waals surface area contributed by atoms with Gasteiger partial charge in [0, 0.05) is 32.1 Å². The topological polar surface area (TPSA) is 155 Å². The van der Waals surface area contributed by atoms with E-state index in [-0.39, 0.29) is 36.0 Å². The van der Waals surface area contributed by atoms with E-state index < -0.39 is 58.3 Å². The molecule has 35 heavy (non-hydrogen) atoms. The maximum Gasteiger partial charge on any atom is 0.235 e. The van der Waals surface area contributed by atoms with E-state index in [1.165, 1.54) is 0 Å². The molecule has 5 atom stereocenters. The van der Waals surface area contributed by atoms with Crippen molar-refractivity contribution >= 4 is 34.7 Å². The fourth-order valence-corrected chi connectivity index (χ4v) is 6.17. The van der Waals surface area contributed by atoms with Gasteiger partial charge in [0.25, 0.3) is 0 Å². The van der Waals surface area contributed by atoms with Gasteiger partial charge in [0.05, 0.1) is 11.5 Å². The molecule has 4 N–H and O–H groups in total. The maximum atomic E-state index is 13.8. The second-order valence-electron chi connectivity index (χ2n) is 11.6. The predicted octanol–water partition coefficient (Wildman–Crippen LogP) is 0.981. The first-order chi connectivity index (χ1) is 16.1. The fraction of sp³-hybridized carbons (Fsp3) is 0.577. The molecule has 0 radical (unpaired) electrons. The number of hydrogen-bond acceptors (Lipinski definition) is 8. The van der Waals surface area contributed by atoms with Crippen LogP contribution in [0.25, 0.3) is 0 Å². The summed E-state index contributed by atoms with van der Waals surface area (Å²) in [6, 6.07) is 1.86. The molecule has 9 heteroatoms. The summed E-state index contributed by atoms with van der Waals surface area (Å²) >= 11 is 0. The van der Waals surface area contributed by atoms with Crippen molar-refractivity contribution in [2.45, 2.75) is 52.1 Å². The Morgan fingerprint density at radius 2 is 1.77 bits per heavy atom. The van der Waals surface area contributed by atoms with E-state index in [1.807, 2.05) is 45.8 Å². The van der Waals surface area contributed by atoms with Crippen LogP contribution in [0.15, 0.2) is 6.07 Å². The number of phenols is 1. The Kier molecular flexibility index (Phi) is 5.71. The van der Waals surface area contributed by atoms with Crippen molar-refractivity contribution in [3.8, 4) is 5.75 Å². The van der Waals surface area contributed by atoms with Crippen molar-refractivity contribution in [3.63, 3.8) is 0 Å². The lowest BCUT2D eigenvalue weighted by Crippen LogP contribution is -2.68. The maximum absolute atomic E-state index is 13.8. The summed E-state index contributed by atoms with van der Waals surface area (Å²) in [5.41, 5.74) is 4.37. The molecule has 1 amide bonds. The molecule has 1 aromatic carbocycles. The van der Waals surface area contributed by atoms with Gasteiger partial charge >= 0.3 is 0 Å². The highest BCUT2D eigenvalue weighted by Crippen LogP contribution is 2.51. The zero-order valence-electron chi connectivity index (χ0n) is 20.7. The number of aromatic hydroxyl groups is 1. The van der Waals surface area contributed by atoms with Crippen LogP contribution < -0.4 is 10.6 Å².